The van der Waals surface area contributed by atoms with E-state index < -0.39 is 23.7 Å². The monoisotopic (exact) mass is 284 g/mol. The molecule has 0 spiro atoms. The summed E-state index contributed by atoms with van der Waals surface area (Å²) in [6.07, 6.45) is -0.655. The van der Waals surface area contributed by atoms with Gasteiger partial charge < -0.3 is 14.8 Å². The van der Waals surface area contributed by atoms with Crippen molar-refractivity contribution in [3.63, 3.8) is 0 Å². The van der Waals surface area contributed by atoms with E-state index >= 15 is 0 Å². The first-order valence-electron chi connectivity index (χ1n) is 6.60. The molecule has 112 valence electrons. The summed E-state index contributed by atoms with van der Waals surface area (Å²) in [4.78, 5) is 37.6. The maximum absolute atomic E-state index is 12.3. The Kier molecular flexibility index (Phi) is 3.73. The lowest BCUT2D eigenvalue weighted by Gasteiger charge is -2.30. The van der Waals surface area contributed by atoms with E-state index in [1.807, 2.05) is 0 Å². The number of rotatable bonds is 1. The standard InChI is InChI=1S/C13H20N2O5/c1-13(2,3)20-12(18)15-8-6-14-5-7(8)10(16)9(15)11(17)19-4/h7-9,14H,5-6H2,1-4H3. The number of carbonyl (C=O) groups excluding carboxylic acids is 3. The number of nitrogens with zero attached hydrogens (tertiary/aromatic N) is 1. The molecule has 3 atom stereocenters. The molecule has 2 saturated heterocycles. The van der Waals surface area contributed by atoms with Crippen LogP contribution in [0.25, 0.3) is 0 Å². The van der Waals surface area contributed by atoms with Crippen molar-refractivity contribution in [1.29, 1.82) is 0 Å². The number of hydrogen-bond acceptors (Lipinski definition) is 6. The summed E-state index contributed by atoms with van der Waals surface area (Å²) in [5.41, 5.74) is -0.690. The molecule has 0 aromatic carbocycles. The lowest BCUT2D eigenvalue weighted by Crippen LogP contribution is -2.50. The normalized spacial score (nSPS) is 29.3. The molecule has 1 N–H and O–H groups in total. The van der Waals surface area contributed by atoms with Crippen molar-refractivity contribution in [3.05, 3.63) is 0 Å². The SMILES string of the molecule is COC(=O)C1C(=O)C2CNCC2N1C(=O)OC(C)(C)C. The van der Waals surface area contributed by atoms with E-state index in [9.17, 15) is 14.4 Å². The summed E-state index contributed by atoms with van der Waals surface area (Å²) in [5.74, 6) is -1.36. The number of carbonyl (C=O) groups is 3. The second-order valence-electron chi connectivity index (χ2n) is 6.05. The average Bonchev–Trinajstić information content (AvgIpc) is 2.88. The van der Waals surface area contributed by atoms with E-state index in [1.54, 1.807) is 20.8 Å². The fourth-order valence-electron chi connectivity index (χ4n) is 2.68. The van der Waals surface area contributed by atoms with Gasteiger partial charge in [-0.15, -0.1) is 0 Å². The summed E-state index contributed by atoms with van der Waals surface area (Å²) >= 11 is 0. The Morgan fingerprint density at radius 3 is 2.50 bits per heavy atom. The Morgan fingerprint density at radius 1 is 1.30 bits per heavy atom. The predicted octanol–water partition coefficient (Wildman–Crippen LogP) is -0.0642. The highest BCUT2D eigenvalue weighted by Crippen LogP contribution is 2.31. The van der Waals surface area contributed by atoms with Crippen LogP contribution in [0.15, 0.2) is 0 Å². The highest BCUT2D eigenvalue weighted by Gasteiger charge is 2.56. The highest BCUT2D eigenvalue weighted by atomic mass is 16.6. The van der Waals surface area contributed by atoms with E-state index in [2.05, 4.69) is 10.1 Å². The van der Waals surface area contributed by atoms with Gasteiger partial charge in [0.25, 0.3) is 0 Å². The van der Waals surface area contributed by atoms with Crippen molar-refractivity contribution in [2.24, 2.45) is 5.92 Å². The third-order valence-electron chi connectivity index (χ3n) is 3.48. The second-order valence-corrected chi connectivity index (χ2v) is 6.05. The van der Waals surface area contributed by atoms with Gasteiger partial charge in [0.2, 0.25) is 0 Å². The van der Waals surface area contributed by atoms with Crippen LogP contribution in [0.3, 0.4) is 0 Å². The molecule has 2 rings (SSSR count). The smallest absolute Gasteiger partial charge is 0.411 e. The zero-order valence-corrected chi connectivity index (χ0v) is 12.1. The first-order valence-corrected chi connectivity index (χ1v) is 6.60. The van der Waals surface area contributed by atoms with E-state index in [-0.39, 0.29) is 17.7 Å². The number of ketones is 1. The number of fused-ring (bicyclic) bond motifs is 1. The lowest BCUT2D eigenvalue weighted by molar-refractivity contribution is -0.149. The van der Waals surface area contributed by atoms with Crippen molar-refractivity contribution in [2.45, 2.75) is 38.5 Å². The van der Waals surface area contributed by atoms with Crippen molar-refractivity contribution in [1.82, 2.24) is 10.2 Å². The minimum absolute atomic E-state index is 0.280. The quantitative estimate of drug-likeness (QED) is 0.536. The number of ether oxygens (including phenoxy) is 2. The highest BCUT2D eigenvalue weighted by molar-refractivity contribution is 6.09. The molecular formula is C13H20N2O5. The van der Waals surface area contributed by atoms with Gasteiger partial charge in [0, 0.05) is 13.1 Å². The molecule has 0 radical (unpaired) electrons. The summed E-state index contributed by atoms with van der Waals surface area (Å²) in [7, 11) is 1.20. The third kappa shape index (κ3) is 2.49. The molecule has 1 amide bonds. The molecule has 2 aliphatic rings. The number of likely N-dealkylation sites (tertiary alicyclic amines) is 1. The molecule has 0 aliphatic carbocycles. The molecule has 2 heterocycles. The molecule has 0 bridgehead atoms. The van der Waals surface area contributed by atoms with Crippen LogP contribution in [0.1, 0.15) is 20.8 Å². The van der Waals surface area contributed by atoms with Crippen molar-refractivity contribution >= 4 is 17.8 Å². The van der Waals surface area contributed by atoms with Crippen LogP contribution >= 0.6 is 0 Å². The van der Waals surface area contributed by atoms with Gasteiger partial charge in [0.15, 0.2) is 11.8 Å². The van der Waals surface area contributed by atoms with Gasteiger partial charge in [0.05, 0.1) is 19.1 Å². The van der Waals surface area contributed by atoms with E-state index in [0.29, 0.717) is 13.1 Å². The zero-order chi connectivity index (χ0) is 15.1. The Bertz CT molecular complexity index is 443. The largest absolute Gasteiger partial charge is 0.467 e. The fourth-order valence-corrected chi connectivity index (χ4v) is 2.68. The van der Waals surface area contributed by atoms with Crippen LogP contribution in [0.4, 0.5) is 4.79 Å². The summed E-state index contributed by atoms with van der Waals surface area (Å²) in [5, 5.41) is 3.06. The Balaban J connectivity index is 2.28. The lowest BCUT2D eigenvalue weighted by atomic mass is 10.0. The van der Waals surface area contributed by atoms with E-state index in [4.69, 9.17) is 4.74 Å². The average molecular weight is 284 g/mol. The summed E-state index contributed by atoms with van der Waals surface area (Å²) < 4.78 is 9.95. The molecule has 7 nitrogen and oxygen atoms in total. The van der Waals surface area contributed by atoms with Gasteiger partial charge >= 0.3 is 12.1 Å². The molecule has 0 aromatic heterocycles. The molecule has 2 aliphatic heterocycles. The Hall–Kier alpha value is -1.63. The Labute approximate surface area is 117 Å². The van der Waals surface area contributed by atoms with Gasteiger partial charge in [-0.3, -0.25) is 9.69 Å². The maximum atomic E-state index is 12.3. The number of hydrogen-bond donors (Lipinski definition) is 1. The number of methoxy groups -OCH3 is 1. The second kappa shape index (κ2) is 5.05. The van der Waals surface area contributed by atoms with E-state index in [1.165, 1.54) is 12.0 Å². The molecule has 0 aromatic rings. The van der Waals surface area contributed by atoms with Crippen LogP contribution in [-0.2, 0) is 19.1 Å². The van der Waals surface area contributed by atoms with Crippen LogP contribution in [0.5, 0.6) is 0 Å². The number of amides is 1. The predicted molar refractivity (Wildman–Crippen MR) is 69.0 cm³/mol. The molecule has 0 saturated carbocycles. The van der Waals surface area contributed by atoms with Crippen LogP contribution in [0, 0.1) is 5.92 Å². The fraction of sp³-hybridized carbons (Fsp3) is 0.769. The van der Waals surface area contributed by atoms with Gasteiger partial charge in [-0.25, -0.2) is 9.59 Å². The topological polar surface area (TPSA) is 84.9 Å². The van der Waals surface area contributed by atoms with Crippen molar-refractivity contribution in [2.75, 3.05) is 20.2 Å². The first-order chi connectivity index (χ1) is 9.26. The van der Waals surface area contributed by atoms with Crippen LogP contribution in [0.2, 0.25) is 0 Å². The van der Waals surface area contributed by atoms with Crippen molar-refractivity contribution < 1.29 is 23.9 Å². The molecule has 7 heteroatoms. The molecular weight excluding hydrogens is 264 g/mol. The van der Waals surface area contributed by atoms with Crippen molar-refractivity contribution in [3.8, 4) is 0 Å². The van der Waals surface area contributed by atoms with Crippen LogP contribution < -0.4 is 5.32 Å². The molecule has 2 fully saturated rings. The molecule has 20 heavy (non-hydrogen) atoms. The summed E-state index contributed by atoms with van der Waals surface area (Å²) in [6, 6.07) is -1.53. The minimum Gasteiger partial charge on any atom is -0.467 e. The Morgan fingerprint density at radius 2 is 1.95 bits per heavy atom. The van der Waals surface area contributed by atoms with E-state index in [0.717, 1.165) is 0 Å². The number of Topliss-reactive ketones (excluding diaryl/α,β-unsaturated/α-hetero) is 1. The maximum Gasteiger partial charge on any atom is 0.411 e. The third-order valence-corrected chi connectivity index (χ3v) is 3.48. The van der Waals surface area contributed by atoms with Gasteiger partial charge in [-0.05, 0) is 20.8 Å². The van der Waals surface area contributed by atoms with Gasteiger partial charge in [0.1, 0.15) is 5.60 Å². The summed E-state index contributed by atoms with van der Waals surface area (Å²) in [6.45, 7) is 6.15. The number of esters is 1. The number of nitrogens with one attached hydrogen (secondary N) is 1. The molecule has 3 unspecified atom stereocenters. The first kappa shape index (κ1) is 14.8. The van der Waals surface area contributed by atoms with Gasteiger partial charge in [-0.2, -0.15) is 0 Å². The van der Waals surface area contributed by atoms with Crippen LogP contribution in [-0.4, -0.2) is 60.6 Å². The van der Waals surface area contributed by atoms with Gasteiger partial charge in [-0.1, -0.05) is 0 Å². The zero-order valence-electron chi connectivity index (χ0n) is 12.1. The minimum atomic E-state index is -1.19.